The van der Waals surface area contributed by atoms with Crippen LogP contribution in [0.15, 0.2) is 12.3 Å². The number of hydrogen-bond acceptors (Lipinski definition) is 3. The van der Waals surface area contributed by atoms with Crippen molar-refractivity contribution in [2.24, 2.45) is 7.05 Å². The molecule has 0 aliphatic heterocycles. The average Bonchev–Trinajstić information content (AvgIpc) is 2.51. The van der Waals surface area contributed by atoms with Crippen molar-refractivity contribution in [3.63, 3.8) is 0 Å². The molecule has 0 aliphatic carbocycles. The van der Waals surface area contributed by atoms with Crippen molar-refractivity contribution >= 4 is 10.0 Å². The van der Waals surface area contributed by atoms with Gasteiger partial charge in [-0.1, -0.05) is 6.92 Å². The molecule has 5 nitrogen and oxygen atoms in total. The van der Waals surface area contributed by atoms with Crippen LogP contribution in [0.3, 0.4) is 0 Å². The Morgan fingerprint density at radius 2 is 2.27 bits per heavy atom. The lowest BCUT2D eigenvalue weighted by Gasteiger charge is -2.05. The zero-order valence-corrected chi connectivity index (χ0v) is 9.92. The highest BCUT2D eigenvalue weighted by Crippen LogP contribution is 1.97. The summed E-state index contributed by atoms with van der Waals surface area (Å²) in [5, 5.41) is 4.01. The Balaban J connectivity index is 2.37. The lowest BCUT2D eigenvalue weighted by atomic mass is 10.3. The van der Waals surface area contributed by atoms with Crippen molar-refractivity contribution in [1.82, 2.24) is 14.5 Å². The van der Waals surface area contributed by atoms with Gasteiger partial charge >= 0.3 is 0 Å². The summed E-state index contributed by atoms with van der Waals surface area (Å²) in [7, 11) is -1.23. The number of aromatic nitrogens is 2. The van der Waals surface area contributed by atoms with Crippen molar-refractivity contribution in [2.45, 2.75) is 19.8 Å². The van der Waals surface area contributed by atoms with E-state index in [1.807, 2.05) is 20.0 Å². The van der Waals surface area contributed by atoms with Crippen molar-refractivity contribution in [3.8, 4) is 0 Å². The lowest BCUT2D eigenvalue weighted by molar-refractivity contribution is 0.578. The van der Waals surface area contributed by atoms with Crippen molar-refractivity contribution in [1.29, 1.82) is 0 Å². The first-order valence-corrected chi connectivity index (χ1v) is 6.64. The van der Waals surface area contributed by atoms with Crippen LogP contribution in [-0.2, 0) is 23.5 Å². The van der Waals surface area contributed by atoms with Crippen molar-refractivity contribution in [2.75, 3.05) is 12.3 Å². The molecule has 0 bridgehead atoms. The Bertz CT molecular complexity index is 397. The van der Waals surface area contributed by atoms with E-state index >= 15 is 0 Å². The zero-order chi connectivity index (χ0) is 11.3. The minimum Gasteiger partial charge on any atom is -0.273 e. The molecule has 0 radical (unpaired) electrons. The quantitative estimate of drug-likeness (QED) is 0.765. The maximum atomic E-state index is 11.3. The SMILES string of the molecule is CCCS(=O)(=O)NCCc1ccnn1C. The predicted molar refractivity (Wildman–Crippen MR) is 59.0 cm³/mol. The van der Waals surface area contributed by atoms with Crippen LogP contribution < -0.4 is 4.72 Å². The molecule has 0 aromatic carbocycles. The molecule has 1 aromatic rings. The molecule has 15 heavy (non-hydrogen) atoms. The topological polar surface area (TPSA) is 64.0 Å². The molecule has 0 amide bonds. The summed E-state index contributed by atoms with van der Waals surface area (Å²) in [4.78, 5) is 0. The second kappa shape index (κ2) is 5.27. The third-order valence-corrected chi connectivity index (χ3v) is 3.69. The summed E-state index contributed by atoms with van der Waals surface area (Å²) in [6, 6.07) is 1.88. The maximum absolute atomic E-state index is 11.3. The zero-order valence-electron chi connectivity index (χ0n) is 9.10. The molecule has 0 atom stereocenters. The second-order valence-electron chi connectivity index (χ2n) is 3.41. The first-order valence-electron chi connectivity index (χ1n) is 4.99. The molecule has 0 aliphatic rings. The molecule has 0 saturated carbocycles. The molecule has 0 unspecified atom stereocenters. The Hall–Kier alpha value is -0.880. The van der Waals surface area contributed by atoms with Crippen molar-refractivity contribution < 1.29 is 8.42 Å². The average molecular weight is 231 g/mol. The van der Waals surface area contributed by atoms with Gasteiger partial charge in [-0.15, -0.1) is 0 Å². The third-order valence-electron chi connectivity index (χ3n) is 2.10. The normalized spacial score (nSPS) is 11.9. The summed E-state index contributed by atoms with van der Waals surface area (Å²) in [5.74, 6) is 0.193. The summed E-state index contributed by atoms with van der Waals surface area (Å²) >= 11 is 0. The molecule has 0 saturated heterocycles. The van der Waals surface area contributed by atoms with E-state index < -0.39 is 10.0 Å². The fourth-order valence-electron chi connectivity index (χ4n) is 1.32. The first-order chi connectivity index (χ1) is 7.05. The number of rotatable bonds is 6. The fraction of sp³-hybridized carbons (Fsp3) is 0.667. The van der Waals surface area contributed by atoms with E-state index in [0.717, 1.165) is 5.69 Å². The monoisotopic (exact) mass is 231 g/mol. The predicted octanol–water partition coefficient (Wildman–Crippen LogP) is 0.292. The number of aryl methyl sites for hydroxylation is 1. The number of hydrogen-bond donors (Lipinski definition) is 1. The minimum atomic E-state index is -3.08. The standard InChI is InChI=1S/C9H17N3O2S/c1-3-8-15(13,14)11-7-5-9-4-6-10-12(9)2/h4,6,11H,3,5,7-8H2,1-2H3. The van der Waals surface area contributed by atoms with Gasteiger partial charge in [-0.3, -0.25) is 4.68 Å². The molecule has 0 spiro atoms. The molecule has 0 fully saturated rings. The fourth-order valence-corrected chi connectivity index (χ4v) is 2.42. The van der Waals surface area contributed by atoms with Gasteiger partial charge in [0.25, 0.3) is 0 Å². The number of sulfonamides is 1. The largest absolute Gasteiger partial charge is 0.273 e. The summed E-state index contributed by atoms with van der Waals surface area (Å²) < 4.78 is 26.9. The van der Waals surface area contributed by atoms with Gasteiger partial charge < -0.3 is 0 Å². The van der Waals surface area contributed by atoms with E-state index in [2.05, 4.69) is 9.82 Å². The molecule has 1 rings (SSSR count). The van der Waals surface area contributed by atoms with E-state index in [1.165, 1.54) is 0 Å². The van der Waals surface area contributed by atoms with E-state index in [-0.39, 0.29) is 5.75 Å². The van der Waals surface area contributed by atoms with Crippen LogP contribution in [-0.4, -0.2) is 30.5 Å². The van der Waals surface area contributed by atoms with E-state index in [4.69, 9.17) is 0 Å². The number of nitrogens with zero attached hydrogens (tertiary/aromatic N) is 2. The van der Waals surface area contributed by atoms with Gasteiger partial charge in [0.05, 0.1) is 5.75 Å². The summed E-state index contributed by atoms with van der Waals surface area (Å²) in [6.07, 6.45) is 3.01. The molecule has 1 aromatic heterocycles. The van der Waals surface area contributed by atoms with Crippen LogP contribution in [0.5, 0.6) is 0 Å². The van der Waals surface area contributed by atoms with Gasteiger partial charge in [0.2, 0.25) is 10.0 Å². The van der Waals surface area contributed by atoms with Crippen molar-refractivity contribution in [3.05, 3.63) is 18.0 Å². The van der Waals surface area contributed by atoms with E-state index in [0.29, 0.717) is 19.4 Å². The second-order valence-corrected chi connectivity index (χ2v) is 5.34. The molecular formula is C9H17N3O2S. The van der Waals surface area contributed by atoms with Gasteiger partial charge in [0.15, 0.2) is 0 Å². The van der Waals surface area contributed by atoms with Gasteiger partial charge in [-0.05, 0) is 12.5 Å². The van der Waals surface area contributed by atoms with Gasteiger partial charge in [0, 0.05) is 31.9 Å². The molecule has 1 heterocycles. The molecule has 1 N–H and O–H groups in total. The summed E-state index contributed by atoms with van der Waals surface area (Å²) in [6.45, 7) is 2.28. The smallest absolute Gasteiger partial charge is 0.211 e. The number of nitrogens with one attached hydrogen (secondary N) is 1. The van der Waals surface area contributed by atoms with Crippen LogP contribution in [0.2, 0.25) is 0 Å². The van der Waals surface area contributed by atoms with Crippen LogP contribution in [0.4, 0.5) is 0 Å². The maximum Gasteiger partial charge on any atom is 0.211 e. The lowest BCUT2D eigenvalue weighted by Crippen LogP contribution is -2.28. The molecule has 86 valence electrons. The van der Waals surface area contributed by atoms with Gasteiger partial charge in [0.1, 0.15) is 0 Å². The van der Waals surface area contributed by atoms with Gasteiger partial charge in [-0.25, -0.2) is 13.1 Å². The first kappa shape index (κ1) is 12.2. The molecular weight excluding hydrogens is 214 g/mol. The van der Waals surface area contributed by atoms with Crippen LogP contribution >= 0.6 is 0 Å². The van der Waals surface area contributed by atoms with Crippen LogP contribution in [0.1, 0.15) is 19.0 Å². The Morgan fingerprint density at radius 3 is 2.80 bits per heavy atom. The third kappa shape index (κ3) is 4.01. The Labute approximate surface area is 90.5 Å². The highest BCUT2D eigenvalue weighted by Gasteiger charge is 2.07. The highest BCUT2D eigenvalue weighted by molar-refractivity contribution is 7.89. The van der Waals surface area contributed by atoms with Crippen LogP contribution in [0.25, 0.3) is 0 Å². The Kier molecular flexibility index (Phi) is 4.28. The van der Waals surface area contributed by atoms with Gasteiger partial charge in [-0.2, -0.15) is 5.10 Å². The Morgan fingerprint density at radius 1 is 1.53 bits per heavy atom. The highest BCUT2D eigenvalue weighted by atomic mass is 32.2. The minimum absolute atomic E-state index is 0.193. The van der Waals surface area contributed by atoms with E-state index in [9.17, 15) is 8.42 Å². The van der Waals surface area contributed by atoms with Crippen LogP contribution in [0, 0.1) is 0 Å². The van der Waals surface area contributed by atoms with E-state index in [1.54, 1.807) is 10.9 Å². The molecule has 6 heteroatoms. The summed E-state index contributed by atoms with van der Waals surface area (Å²) in [5.41, 5.74) is 1.02.